The number of Topliss-reactive ketones (excluding diaryl/α,β-unsaturated/α-hetero) is 3. The second-order valence-corrected chi connectivity index (χ2v) is 23.8. The van der Waals surface area contributed by atoms with Gasteiger partial charge in [0.05, 0.1) is 31.5 Å². The van der Waals surface area contributed by atoms with Crippen molar-refractivity contribution in [1.82, 2.24) is 4.90 Å². The van der Waals surface area contributed by atoms with Crippen molar-refractivity contribution in [3.63, 3.8) is 0 Å². The van der Waals surface area contributed by atoms with Gasteiger partial charge in [0.25, 0.3) is 11.7 Å². The zero-order valence-electron chi connectivity index (χ0n) is 48.4. The topological polar surface area (TPSA) is 220 Å². The molecule has 0 aromatic carbocycles. The Bertz CT molecular complexity index is 2160. The number of nitrogens with zero attached hydrogens (tertiary/aromatic N) is 1. The molecule has 4 heterocycles. The van der Waals surface area contributed by atoms with Gasteiger partial charge in [-0.1, -0.05) is 71.1 Å². The van der Waals surface area contributed by atoms with E-state index in [4.69, 9.17) is 37.9 Å². The van der Waals surface area contributed by atoms with E-state index in [-0.39, 0.29) is 56.0 Å². The van der Waals surface area contributed by atoms with Crippen molar-refractivity contribution in [3.8, 4) is 0 Å². The summed E-state index contributed by atoms with van der Waals surface area (Å²) in [5.41, 5.74) is 0.265. The Kier molecular flexibility index (Phi) is 23.6. The van der Waals surface area contributed by atoms with Crippen molar-refractivity contribution in [2.24, 2.45) is 40.9 Å². The Labute approximate surface area is 458 Å². The maximum atomic E-state index is 14.6. The molecule has 15 atom stereocenters. The van der Waals surface area contributed by atoms with Gasteiger partial charge in [-0.05, 0) is 134 Å². The minimum atomic E-state index is -2.46. The monoisotopic (exact) mass is 1080 g/mol. The molecule has 1 saturated carbocycles. The highest BCUT2D eigenvalue weighted by Gasteiger charge is 2.53. The van der Waals surface area contributed by atoms with Gasteiger partial charge in [-0.25, -0.2) is 4.79 Å². The van der Waals surface area contributed by atoms with E-state index in [1.807, 2.05) is 45.1 Å². The number of esters is 2. The third-order valence-electron chi connectivity index (χ3n) is 17.0. The van der Waals surface area contributed by atoms with Crippen LogP contribution in [0.4, 0.5) is 0 Å². The molecule has 1 aliphatic carbocycles. The first-order chi connectivity index (χ1) is 36.3. The number of ketones is 3. The van der Waals surface area contributed by atoms with E-state index in [0.717, 1.165) is 5.57 Å². The molecular formula is C60H93NO16. The Hall–Kier alpha value is -3.94. The largest absolute Gasteiger partial charge is 0.460 e. The molecule has 2 bridgehead atoms. The van der Waals surface area contributed by atoms with E-state index in [1.54, 1.807) is 61.8 Å². The number of piperidine rings is 1. The van der Waals surface area contributed by atoms with Gasteiger partial charge in [-0.15, -0.1) is 0 Å². The lowest BCUT2D eigenvalue weighted by molar-refractivity contribution is -0.283. The highest BCUT2D eigenvalue weighted by atomic mass is 16.7. The summed E-state index contributed by atoms with van der Waals surface area (Å²) < 4.78 is 47.6. The minimum Gasteiger partial charge on any atom is -0.460 e. The van der Waals surface area contributed by atoms with Crippen molar-refractivity contribution in [2.75, 3.05) is 41.1 Å². The Balaban J connectivity index is 1.43. The van der Waals surface area contributed by atoms with Crippen LogP contribution >= 0.6 is 0 Å². The number of methoxy groups -OCH3 is 3. The summed E-state index contributed by atoms with van der Waals surface area (Å²) in [6.45, 7) is 18.4. The number of cyclic esters (lactones) is 1. The van der Waals surface area contributed by atoms with Crippen molar-refractivity contribution in [1.29, 1.82) is 0 Å². The Morgan fingerprint density at radius 1 is 0.818 bits per heavy atom. The average molecular weight is 1080 g/mol. The highest BCUT2D eigenvalue weighted by Crippen LogP contribution is 2.39. The summed E-state index contributed by atoms with van der Waals surface area (Å²) in [7, 11) is 4.54. The van der Waals surface area contributed by atoms with E-state index in [0.29, 0.717) is 76.2 Å². The summed E-state index contributed by atoms with van der Waals surface area (Å²) >= 11 is 0. The van der Waals surface area contributed by atoms with E-state index >= 15 is 0 Å². The van der Waals surface area contributed by atoms with Gasteiger partial charge in [0, 0.05) is 58.5 Å². The molecule has 4 aliphatic heterocycles. The number of carbonyl (C=O) groups is 6. The molecule has 4 fully saturated rings. The molecule has 17 nitrogen and oxygen atoms in total. The number of hydrogen-bond donors (Lipinski definition) is 2. The van der Waals surface area contributed by atoms with Crippen LogP contribution in [0.2, 0.25) is 0 Å². The Morgan fingerprint density at radius 3 is 2.18 bits per heavy atom. The predicted octanol–water partition coefficient (Wildman–Crippen LogP) is 7.91. The number of hydrogen-bond acceptors (Lipinski definition) is 16. The van der Waals surface area contributed by atoms with Crippen molar-refractivity contribution >= 4 is 35.2 Å². The van der Waals surface area contributed by atoms with Gasteiger partial charge >= 0.3 is 11.9 Å². The van der Waals surface area contributed by atoms with Gasteiger partial charge in [-0.2, -0.15) is 0 Å². The molecule has 434 valence electrons. The lowest BCUT2D eigenvalue weighted by atomic mass is 9.78. The molecule has 2 N–H and O–H groups in total. The molecule has 0 aromatic heterocycles. The van der Waals surface area contributed by atoms with Crippen LogP contribution < -0.4 is 0 Å². The van der Waals surface area contributed by atoms with Gasteiger partial charge in [0.15, 0.2) is 11.6 Å². The zero-order valence-corrected chi connectivity index (χ0v) is 48.4. The van der Waals surface area contributed by atoms with E-state index in [1.165, 1.54) is 12.0 Å². The smallest absolute Gasteiger partial charge is 0.329 e. The van der Waals surface area contributed by atoms with Gasteiger partial charge in [0.2, 0.25) is 5.79 Å². The zero-order chi connectivity index (χ0) is 57.0. The summed E-state index contributed by atoms with van der Waals surface area (Å²) in [4.78, 5) is 86.3. The summed E-state index contributed by atoms with van der Waals surface area (Å²) in [5.74, 6) is -9.41. The van der Waals surface area contributed by atoms with Gasteiger partial charge in [-0.3, -0.25) is 24.0 Å². The standard InChI is InChI=1S/C60H93NO16/c1-36-19-15-14-16-20-37(2)48(70-11)32-44-26-24-42(7)60(69,77-44)54(65)55(66)61-28-18-17-21-45(61)56(67)75-49(33-46(62)39(4)29-41(6)52(64)53(72-13)51(63)38(3)23-22-36)40(5)30-43-25-27-47(50(31-43)71-12)76-57(68)59(10)34-73-58(8,9)74-35-59/h14-16,19-20,29,36,38-40,42-45,47-50,52-53,64,69H,17-18,21-28,30-35H2,1-13H3/b16-14+,19-15+,37-20?,41-29+/t36-,38-,39-,40-,42-,43+,44+,45+,47-,48+,49+,50-,52-,53+,60-/m1/s1. The van der Waals surface area contributed by atoms with E-state index in [9.17, 15) is 39.0 Å². The predicted molar refractivity (Wildman–Crippen MR) is 288 cm³/mol. The molecule has 1 amide bonds. The number of amides is 1. The van der Waals surface area contributed by atoms with Gasteiger partial charge in [0.1, 0.15) is 41.7 Å². The molecule has 0 unspecified atom stereocenters. The molecule has 5 rings (SSSR count). The SMILES string of the molecule is CO[C@H]1C[C@@H]2CC[C@@H](C)[C@@](O)(O2)C(=O)C(=O)N2CCCC[C@H]2C(=O)O[C@H]([C@H](C)C[C@@H]2CC[C@@H](OC(=O)C3(C)COC(C)(C)OC3)[C@H](OC)C2)CC(=O)[C@H](C)/C=C(\C)[C@@H](O)[C@@H](OC)C(=O)[C@H](C)CC[C@H](C)/C=C/C=C/C=C1C. The number of carbonyl (C=O) groups excluding carboxylic acids is 6. The summed E-state index contributed by atoms with van der Waals surface area (Å²) in [5, 5.41) is 23.6. The number of aliphatic hydroxyl groups is 2. The molecule has 17 heteroatoms. The molecule has 77 heavy (non-hydrogen) atoms. The quantitative estimate of drug-likeness (QED) is 0.134. The number of ether oxygens (including phenoxy) is 8. The van der Waals surface area contributed by atoms with Crippen LogP contribution in [0, 0.1) is 40.9 Å². The third-order valence-corrected chi connectivity index (χ3v) is 17.0. The highest BCUT2D eigenvalue weighted by molar-refractivity contribution is 6.39. The summed E-state index contributed by atoms with van der Waals surface area (Å²) in [6, 6.07) is -1.18. The lowest BCUT2D eigenvalue weighted by Crippen LogP contribution is -2.61. The molecule has 5 aliphatic rings. The number of rotatable bonds is 8. The number of allylic oxidation sites excluding steroid dienone is 6. The fourth-order valence-corrected chi connectivity index (χ4v) is 11.4. The molecule has 0 aromatic rings. The van der Waals surface area contributed by atoms with Crippen molar-refractivity contribution in [3.05, 3.63) is 47.6 Å². The normalized spacial score (nSPS) is 37.9. The number of aliphatic hydroxyl groups excluding tert-OH is 1. The van der Waals surface area contributed by atoms with Crippen LogP contribution in [0.15, 0.2) is 47.6 Å². The molecular weight excluding hydrogens is 991 g/mol. The minimum absolute atomic E-state index is 0.0133. The van der Waals surface area contributed by atoms with Crippen LogP contribution in [0.25, 0.3) is 0 Å². The first-order valence-electron chi connectivity index (χ1n) is 28.3. The van der Waals surface area contributed by atoms with Crippen molar-refractivity contribution < 1.29 is 76.9 Å². The molecule has 0 spiro atoms. The first-order valence-corrected chi connectivity index (χ1v) is 28.3. The van der Waals surface area contributed by atoms with Crippen LogP contribution in [0.3, 0.4) is 0 Å². The summed E-state index contributed by atoms with van der Waals surface area (Å²) in [6.07, 6.45) is 11.5. The fraction of sp³-hybridized carbons (Fsp3) is 0.767. The maximum Gasteiger partial charge on any atom is 0.329 e. The van der Waals surface area contributed by atoms with Crippen LogP contribution in [0.1, 0.15) is 153 Å². The second kappa shape index (κ2) is 28.5. The first kappa shape index (κ1) is 63.9. The van der Waals surface area contributed by atoms with Crippen LogP contribution in [0.5, 0.6) is 0 Å². The second-order valence-electron chi connectivity index (χ2n) is 23.8. The average Bonchev–Trinajstić information content (AvgIpc) is 3.40. The molecule has 3 saturated heterocycles. The fourth-order valence-electron chi connectivity index (χ4n) is 11.4. The van der Waals surface area contributed by atoms with Crippen molar-refractivity contribution in [2.45, 2.75) is 213 Å². The lowest BCUT2D eigenvalue weighted by Gasteiger charge is -2.43. The van der Waals surface area contributed by atoms with Crippen LogP contribution in [-0.4, -0.2) is 152 Å². The molecule has 0 radical (unpaired) electrons. The van der Waals surface area contributed by atoms with Gasteiger partial charge < -0.3 is 53.0 Å². The number of fused-ring (bicyclic) bond motifs is 3. The Morgan fingerprint density at radius 2 is 1.52 bits per heavy atom. The van der Waals surface area contributed by atoms with Crippen LogP contribution in [-0.2, 0) is 66.7 Å². The maximum absolute atomic E-state index is 14.6. The van der Waals surface area contributed by atoms with E-state index in [2.05, 4.69) is 13.0 Å². The van der Waals surface area contributed by atoms with E-state index < -0.39 is 113 Å². The third kappa shape index (κ3) is 16.8.